The molecule has 6 amide bonds. The standard InChI is InChI=1S/C37H60N6O7/c1-7-17-38-33(48)31(46)25(19-23-15-16-23)39-32(47)26-14-11-18-42(26)34(49)30(24-12-9-8-10-13-24)41-35(50)40-27(36(2,3)4)22-43-28(44)20-37(5,6)21-29(43)45/h7,23-28,30,44H,1,8-22H2,2-6H3,(H,38,48)(H,39,47)(H2,40,41,50)/t25?,26-,27+,28?,30-/m0/s1. The van der Waals surface area contributed by atoms with Crippen LogP contribution in [0, 0.1) is 22.7 Å². The molecule has 13 heteroatoms. The van der Waals surface area contributed by atoms with Gasteiger partial charge in [0, 0.05) is 26.1 Å². The van der Waals surface area contributed by atoms with Crippen LogP contribution in [0.25, 0.3) is 0 Å². The van der Waals surface area contributed by atoms with E-state index in [1.807, 2.05) is 34.6 Å². The second-order valence-corrected chi connectivity index (χ2v) is 16.8. The largest absolute Gasteiger partial charge is 0.374 e. The number of carbonyl (C=O) groups excluding carboxylic acids is 6. The van der Waals surface area contributed by atoms with Gasteiger partial charge in [0.1, 0.15) is 18.3 Å². The van der Waals surface area contributed by atoms with Crippen molar-refractivity contribution < 1.29 is 33.9 Å². The Labute approximate surface area is 297 Å². The van der Waals surface area contributed by atoms with Gasteiger partial charge in [0.2, 0.25) is 23.5 Å². The van der Waals surface area contributed by atoms with Crippen LogP contribution in [0.15, 0.2) is 12.7 Å². The summed E-state index contributed by atoms with van der Waals surface area (Å²) in [6, 6.07) is -3.77. The molecule has 5 N–H and O–H groups in total. The number of likely N-dealkylation sites (tertiary alicyclic amines) is 2. The molecule has 280 valence electrons. The molecule has 13 nitrogen and oxygen atoms in total. The van der Waals surface area contributed by atoms with Crippen molar-refractivity contribution in [2.75, 3.05) is 19.6 Å². The third kappa shape index (κ3) is 10.5. The zero-order chi connectivity index (χ0) is 36.8. The maximum Gasteiger partial charge on any atom is 0.315 e. The number of nitrogens with one attached hydrogen (secondary N) is 4. The van der Waals surface area contributed by atoms with Crippen molar-refractivity contribution in [1.82, 2.24) is 31.1 Å². The van der Waals surface area contributed by atoms with Crippen LogP contribution >= 0.6 is 0 Å². The van der Waals surface area contributed by atoms with Crippen molar-refractivity contribution in [3.05, 3.63) is 12.7 Å². The highest BCUT2D eigenvalue weighted by Crippen LogP contribution is 2.36. The molecule has 0 bridgehead atoms. The van der Waals surface area contributed by atoms with E-state index in [4.69, 9.17) is 0 Å². The Balaban J connectivity index is 1.47. The molecular weight excluding hydrogens is 640 g/mol. The molecule has 4 aliphatic rings. The van der Waals surface area contributed by atoms with E-state index in [9.17, 15) is 33.9 Å². The van der Waals surface area contributed by atoms with E-state index >= 15 is 0 Å². The summed E-state index contributed by atoms with van der Waals surface area (Å²) in [6.45, 7) is 13.9. The molecule has 0 aromatic rings. The predicted octanol–water partition coefficient (Wildman–Crippen LogP) is 2.76. The second-order valence-electron chi connectivity index (χ2n) is 16.8. The third-order valence-corrected chi connectivity index (χ3v) is 10.8. The minimum absolute atomic E-state index is 0.120. The maximum absolute atomic E-state index is 14.4. The quantitative estimate of drug-likeness (QED) is 0.137. The molecule has 2 saturated heterocycles. The number of urea groups is 1. The second kappa shape index (κ2) is 16.7. The Bertz CT molecular complexity index is 1290. The summed E-state index contributed by atoms with van der Waals surface area (Å²) in [5, 5.41) is 22.1. The van der Waals surface area contributed by atoms with Gasteiger partial charge in [-0.05, 0) is 61.2 Å². The SMILES string of the molecule is C=CCNC(=O)C(=O)C(CC1CC1)NC(=O)[C@@H]1CCCN1C(=O)[C@@H](NC(=O)N[C@H](CN1C(=O)CC(C)(C)CC1O)C(C)(C)C)C1CCCCC1. The first-order valence-corrected chi connectivity index (χ1v) is 18.6. The van der Waals surface area contributed by atoms with Crippen LogP contribution in [0.5, 0.6) is 0 Å². The van der Waals surface area contributed by atoms with Gasteiger partial charge in [0.05, 0.1) is 12.1 Å². The van der Waals surface area contributed by atoms with Gasteiger partial charge in [-0.25, -0.2) is 4.79 Å². The van der Waals surface area contributed by atoms with Gasteiger partial charge in [-0.3, -0.25) is 24.0 Å². The number of Topliss-reactive ketones (excluding diaryl/α,β-unsaturated/α-hetero) is 1. The number of carbonyl (C=O) groups is 6. The summed E-state index contributed by atoms with van der Waals surface area (Å²) in [4.78, 5) is 83.3. The van der Waals surface area contributed by atoms with Crippen molar-refractivity contribution in [3.8, 4) is 0 Å². The smallest absolute Gasteiger partial charge is 0.315 e. The Morgan fingerprint density at radius 2 is 1.66 bits per heavy atom. The number of piperidine rings is 1. The van der Waals surface area contributed by atoms with Crippen molar-refractivity contribution in [2.45, 2.75) is 142 Å². The lowest BCUT2D eigenvalue weighted by Crippen LogP contribution is -2.62. The highest BCUT2D eigenvalue weighted by molar-refractivity contribution is 6.38. The Kier molecular flexibility index (Phi) is 13.1. The van der Waals surface area contributed by atoms with Crippen LogP contribution in [0.3, 0.4) is 0 Å². The van der Waals surface area contributed by atoms with E-state index in [1.165, 1.54) is 15.9 Å². The van der Waals surface area contributed by atoms with E-state index in [0.29, 0.717) is 38.6 Å². The van der Waals surface area contributed by atoms with E-state index in [2.05, 4.69) is 27.8 Å². The molecule has 4 fully saturated rings. The average Bonchev–Trinajstić information content (AvgIpc) is 3.72. The van der Waals surface area contributed by atoms with E-state index in [-0.39, 0.29) is 42.2 Å². The van der Waals surface area contributed by atoms with Gasteiger partial charge >= 0.3 is 6.03 Å². The molecule has 4 rings (SSSR count). The fraction of sp³-hybridized carbons (Fsp3) is 0.784. The van der Waals surface area contributed by atoms with Crippen molar-refractivity contribution in [2.24, 2.45) is 22.7 Å². The molecular formula is C37H60N6O7. The molecule has 0 aromatic carbocycles. The topological polar surface area (TPSA) is 177 Å². The monoisotopic (exact) mass is 700 g/mol. The van der Waals surface area contributed by atoms with Crippen LogP contribution in [0.2, 0.25) is 0 Å². The molecule has 0 spiro atoms. The van der Waals surface area contributed by atoms with E-state index < -0.39 is 59.4 Å². The minimum atomic E-state index is -0.985. The number of nitrogens with zero attached hydrogens (tertiary/aromatic N) is 2. The van der Waals surface area contributed by atoms with Crippen LogP contribution in [-0.2, 0) is 24.0 Å². The van der Waals surface area contributed by atoms with Crippen LogP contribution in [0.4, 0.5) is 4.79 Å². The molecule has 50 heavy (non-hydrogen) atoms. The van der Waals surface area contributed by atoms with Gasteiger partial charge in [-0.1, -0.05) is 72.8 Å². The summed E-state index contributed by atoms with van der Waals surface area (Å²) in [5.41, 5.74) is -0.801. The fourth-order valence-corrected chi connectivity index (χ4v) is 7.58. The molecule has 0 radical (unpaired) electrons. The van der Waals surface area contributed by atoms with Crippen LogP contribution < -0.4 is 21.3 Å². The first-order valence-electron chi connectivity index (χ1n) is 18.6. The lowest BCUT2D eigenvalue weighted by molar-refractivity contribution is -0.155. The zero-order valence-electron chi connectivity index (χ0n) is 30.7. The lowest BCUT2D eigenvalue weighted by atomic mass is 9.80. The highest BCUT2D eigenvalue weighted by Gasteiger charge is 2.44. The molecule has 2 unspecified atom stereocenters. The van der Waals surface area contributed by atoms with Gasteiger partial charge in [-0.2, -0.15) is 0 Å². The number of amides is 6. The first kappa shape index (κ1) is 39.3. The number of aliphatic hydroxyl groups excluding tert-OH is 1. The van der Waals surface area contributed by atoms with Crippen molar-refractivity contribution in [1.29, 1.82) is 0 Å². The third-order valence-electron chi connectivity index (χ3n) is 10.8. The van der Waals surface area contributed by atoms with Gasteiger partial charge < -0.3 is 36.2 Å². The number of hydrogen-bond donors (Lipinski definition) is 5. The fourth-order valence-electron chi connectivity index (χ4n) is 7.58. The summed E-state index contributed by atoms with van der Waals surface area (Å²) < 4.78 is 0. The zero-order valence-corrected chi connectivity index (χ0v) is 30.7. The number of hydrogen-bond acceptors (Lipinski definition) is 7. The molecule has 2 heterocycles. The normalized spacial score (nSPS) is 24.5. The van der Waals surface area contributed by atoms with Crippen molar-refractivity contribution >= 4 is 35.4 Å². The number of aliphatic hydroxyl groups is 1. The van der Waals surface area contributed by atoms with Gasteiger partial charge in [0.25, 0.3) is 5.91 Å². The predicted molar refractivity (Wildman–Crippen MR) is 188 cm³/mol. The van der Waals surface area contributed by atoms with E-state index in [0.717, 1.165) is 44.9 Å². The molecule has 5 atom stereocenters. The Hall–Kier alpha value is -3.48. The highest BCUT2D eigenvalue weighted by atomic mass is 16.3. The summed E-state index contributed by atoms with van der Waals surface area (Å²) in [6.07, 6.45) is 8.88. The first-order chi connectivity index (χ1) is 23.5. The lowest BCUT2D eigenvalue weighted by Gasteiger charge is -2.44. The summed E-state index contributed by atoms with van der Waals surface area (Å²) in [7, 11) is 0. The Morgan fingerprint density at radius 3 is 2.26 bits per heavy atom. The van der Waals surface area contributed by atoms with E-state index in [1.54, 1.807) is 0 Å². The van der Waals surface area contributed by atoms with Gasteiger partial charge in [0.15, 0.2) is 0 Å². The number of rotatable bonds is 14. The molecule has 2 saturated carbocycles. The van der Waals surface area contributed by atoms with Crippen LogP contribution in [0.1, 0.15) is 112 Å². The maximum atomic E-state index is 14.4. The van der Waals surface area contributed by atoms with Gasteiger partial charge in [-0.15, -0.1) is 6.58 Å². The molecule has 2 aliphatic heterocycles. The van der Waals surface area contributed by atoms with Crippen LogP contribution in [-0.4, -0.2) is 100 Å². The molecule has 2 aliphatic carbocycles. The minimum Gasteiger partial charge on any atom is -0.374 e. The Morgan fingerprint density at radius 1 is 0.980 bits per heavy atom. The summed E-state index contributed by atoms with van der Waals surface area (Å²) in [5.74, 6) is -2.33. The average molecular weight is 701 g/mol. The number of ketones is 1. The summed E-state index contributed by atoms with van der Waals surface area (Å²) >= 11 is 0. The molecule has 0 aromatic heterocycles. The van der Waals surface area contributed by atoms with Crippen molar-refractivity contribution in [3.63, 3.8) is 0 Å².